The third-order valence-corrected chi connectivity index (χ3v) is 4.50. The van der Waals surface area contributed by atoms with E-state index in [-0.39, 0.29) is 11.8 Å². The van der Waals surface area contributed by atoms with Crippen molar-refractivity contribution in [2.24, 2.45) is 0 Å². The molecule has 0 radical (unpaired) electrons. The second kappa shape index (κ2) is 7.41. The molecule has 0 aliphatic carbocycles. The lowest BCUT2D eigenvalue weighted by atomic mass is 10.2. The monoisotopic (exact) mass is 361 g/mol. The van der Waals surface area contributed by atoms with E-state index < -0.39 is 0 Å². The van der Waals surface area contributed by atoms with Gasteiger partial charge in [0.05, 0.1) is 17.6 Å². The maximum atomic E-state index is 12.5. The van der Waals surface area contributed by atoms with Gasteiger partial charge in [-0.15, -0.1) is 0 Å². The molecule has 3 aromatic rings. The van der Waals surface area contributed by atoms with Gasteiger partial charge in [0, 0.05) is 43.7 Å². The summed E-state index contributed by atoms with van der Waals surface area (Å²) in [6.45, 7) is 1.06. The normalized spacial score (nSPS) is 13.8. The second-order valence-electron chi connectivity index (χ2n) is 6.38. The van der Waals surface area contributed by atoms with Crippen LogP contribution in [-0.2, 0) is 11.3 Å². The van der Waals surface area contributed by atoms with E-state index in [1.54, 1.807) is 40.3 Å². The molecule has 0 saturated carbocycles. The molecule has 1 fully saturated rings. The maximum Gasteiger partial charge on any atom is 0.251 e. The molecule has 27 heavy (non-hydrogen) atoms. The quantitative estimate of drug-likeness (QED) is 0.756. The second-order valence-corrected chi connectivity index (χ2v) is 6.38. The van der Waals surface area contributed by atoms with Gasteiger partial charge >= 0.3 is 0 Å². The Morgan fingerprint density at radius 2 is 2.07 bits per heavy atom. The van der Waals surface area contributed by atoms with Crippen molar-refractivity contribution in [3.63, 3.8) is 0 Å². The summed E-state index contributed by atoms with van der Waals surface area (Å²) in [5.41, 5.74) is 3.01. The highest BCUT2D eigenvalue weighted by Crippen LogP contribution is 2.21. The van der Waals surface area contributed by atoms with E-state index in [4.69, 9.17) is 0 Å². The highest BCUT2D eigenvalue weighted by molar-refractivity contribution is 5.95. The minimum atomic E-state index is -0.174. The fourth-order valence-corrected chi connectivity index (χ4v) is 3.13. The van der Waals surface area contributed by atoms with Gasteiger partial charge in [0.15, 0.2) is 0 Å². The summed E-state index contributed by atoms with van der Waals surface area (Å²) in [6, 6.07) is 11.0. The Kier molecular flexibility index (Phi) is 4.65. The average Bonchev–Trinajstić information content (AvgIpc) is 3.38. The van der Waals surface area contributed by atoms with Crippen LogP contribution in [-0.4, -0.2) is 33.1 Å². The predicted molar refractivity (Wildman–Crippen MR) is 101 cm³/mol. The van der Waals surface area contributed by atoms with Crippen molar-refractivity contribution in [2.45, 2.75) is 19.4 Å². The number of hydrogen-bond acceptors (Lipinski definition) is 4. The molecule has 0 atom stereocenters. The number of benzene rings is 1. The molecule has 1 aliphatic rings. The van der Waals surface area contributed by atoms with Gasteiger partial charge in [-0.1, -0.05) is 6.07 Å². The molecule has 0 spiro atoms. The first-order valence-electron chi connectivity index (χ1n) is 8.83. The third kappa shape index (κ3) is 3.72. The van der Waals surface area contributed by atoms with Gasteiger partial charge in [0.1, 0.15) is 0 Å². The number of carbonyl (C=O) groups excluding carboxylic acids is 2. The molecule has 1 aromatic carbocycles. The molecule has 136 valence electrons. The SMILES string of the molecule is O=C(NCc1cncc(N2CCCC2=O)c1)c1cccc(-n2cccn2)c1. The van der Waals surface area contributed by atoms with Crippen LogP contribution in [0.15, 0.2) is 61.2 Å². The van der Waals surface area contributed by atoms with Crippen LogP contribution in [0.5, 0.6) is 0 Å². The topological polar surface area (TPSA) is 80.1 Å². The minimum absolute atomic E-state index is 0.119. The summed E-state index contributed by atoms with van der Waals surface area (Å²) >= 11 is 0. The first-order valence-corrected chi connectivity index (χ1v) is 8.83. The Morgan fingerprint density at radius 3 is 2.85 bits per heavy atom. The van der Waals surface area contributed by atoms with Crippen molar-refractivity contribution in [1.29, 1.82) is 0 Å². The molecule has 3 heterocycles. The number of hydrogen-bond donors (Lipinski definition) is 1. The highest BCUT2D eigenvalue weighted by atomic mass is 16.2. The summed E-state index contributed by atoms with van der Waals surface area (Å²) in [4.78, 5) is 30.3. The largest absolute Gasteiger partial charge is 0.348 e. The third-order valence-electron chi connectivity index (χ3n) is 4.50. The summed E-state index contributed by atoms with van der Waals surface area (Å²) in [7, 11) is 0. The first-order chi connectivity index (χ1) is 13.2. The van der Waals surface area contributed by atoms with Crippen LogP contribution in [0.2, 0.25) is 0 Å². The van der Waals surface area contributed by atoms with Crippen LogP contribution in [0.1, 0.15) is 28.8 Å². The molecule has 1 N–H and O–H groups in total. The van der Waals surface area contributed by atoms with E-state index in [9.17, 15) is 9.59 Å². The number of nitrogens with zero attached hydrogens (tertiary/aromatic N) is 4. The Hall–Kier alpha value is -3.48. The molecule has 2 amide bonds. The number of nitrogens with one attached hydrogen (secondary N) is 1. The summed E-state index contributed by atoms with van der Waals surface area (Å²) < 4.78 is 1.71. The molecule has 4 rings (SSSR count). The van der Waals surface area contributed by atoms with Crippen molar-refractivity contribution in [3.8, 4) is 5.69 Å². The van der Waals surface area contributed by atoms with Crippen LogP contribution in [0.3, 0.4) is 0 Å². The number of pyridine rings is 1. The highest BCUT2D eigenvalue weighted by Gasteiger charge is 2.22. The molecule has 1 saturated heterocycles. The summed E-state index contributed by atoms with van der Waals surface area (Å²) in [6.07, 6.45) is 8.35. The molecule has 7 nitrogen and oxygen atoms in total. The molecule has 7 heteroatoms. The number of aromatic nitrogens is 3. The lowest BCUT2D eigenvalue weighted by molar-refractivity contribution is -0.117. The van der Waals surface area contributed by atoms with E-state index in [0.717, 1.165) is 29.9 Å². The first kappa shape index (κ1) is 17.0. The molecular formula is C20H19N5O2. The zero-order valence-electron chi connectivity index (χ0n) is 14.7. The Balaban J connectivity index is 1.44. The fraction of sp³-hybridized carbons (Fsp3) is 0.200. The van der Waals surface area contributed by atoms with Gasteiger partial charge in [-0.3, -0.25) is 14.6 Å². The minimum Gasteiger partial charge on any atom is -0.348 e. The summed E-state index contributed by atoms with van der Waals surface area (Å²) in [5.74, 6) is -0.0555. The molecule has 1 aliphatic heterocycles. The van der Waals surface area contributed by atoms with Crippen LogP contribution < -0.4 is 10.2 Å². The van der Waals surface area contributed by atoms with Gasteiger partial charge < -0.3 is 10.2 Å². The standard InChI is InChI=1S/C20H19N5O2/c26-19-6-2-8-24(19)18-10-15(12-21-14-18)13-22-20(27)16-4-1-5-17(11-16)25-9-3-7-23-25/h1,3-5,7,9-12,14H,2,6,8,13H2,(H,22,27). The van der Waals surface area contributed by atoms with Crippen molar-refractivity contribution in [1.82, 2.24) is 20.1 Å². The van der Waals surface area contributed by atoms with Crippen LogP contribution in [0.4, 0.5) is 5.69 Å². The Morgan fingerprint density at radius 1 is 1.15 bits per heavy atom. The summed E-state index contributed by atoms with van der Waals surface area (Å²) in [5, 5.41) is 7.08. The van der Waals surface area contributed by atoms with Crippen LogP contribution in [0, 0.1) is 0 Å². The predicted octanol–water partition coefficient (Wildman–Crippen LogP) is 2.32. The molecule has 2 aromatic heterocycles. The van der Waals surface area contributed by atoms with E-state index >= 15 is 0 Å². The smallest absolute Gasteiger partial charge is 0.251 e. The van der Waals surface area contributed by atoms with E-state index in [1.165, 1.54) is 0 Å². The Labute approximate surface area is 156 Å². The average molecular weight is 361 g/mol. The Bertz CT molecular complexity index is 968. The van der Waals surface area contributed by atoms with Crippen molar-refractivity contribution < 1.29 is 9.59 Å². The van der Waals surface area contributed by atoms with Gasteiger partial charge in [-0.05, 0) is 42.3 Å². The van der Waals surface area contributed by atoms with Gasteiger partial charge in [0.25, 0.3) is 5.91 Å². The van der Waals surface area contributed by atoms with Gasteiger partial charge in [-0.2, -0.15) is 5.10 Å². The maximum absolute atomic E-state index is 12.5. The zero-order valence-corrected chi connectivity index (χ0v) is 14.7. The van der Waals surface area contributed by atoms with Crippen LogP contribution >= 0.6 is 0 Å². The van der Waals surface area contributed by atoms with Crippen molar-refractivity contribution >= 4 is 17.5 Å². The number of anilines is 1. The fourth-order valence-electron chi connectivity index (χ4n) is 3.13. The lowest BCUT2D eigenvalue weighted by Gasteiger charge is -2.16. The molecule has 0 bridgehead atoms. The van der Waals surface area contributed by atoms with Gasteiger partial charge in [0.2, 0.25) is 5.91 Å². The molecule has 0 unspecified atom stereocenters. The van der Waals surface area contributed by atoms with E-state index in [2.05, 4.69) is 15.4 Å². The van der Waals surface area contributed by atoms with Gasteiger partial charge in [-0.25, -0.2) is 4.68 Å². The zero-order chi connectivity index (χ0) is 18.6. The van der Waals surface area contributed by atoms with E-state index in [1.807, 2.05) is 30.5 Å². The van der Waals surface area contributed by atoms with E-state index in [0.29, 0.717) is 18.5 Å². The van der Waals surface area contributed by atoms with Crippen molar-refractivity contribution in [3.05, 3.63) is 72.3 Å². The molecular weight excluding hydrogens is 342 g/mol. The number of amides is 2. The van der Waals surface area contributed by atoms with Crippen molar-refractivity contribution in [2.75, 3.05) is 11.4 Å². The lowest BCUT2D eigenvalue weighted by Crippen LogP contribution is -2.25. The number of carbonyl (C=O) groups is 2. The number of rotatable bonds is 5. The van der Waals surface area contributed by atoms with Crippen LogP contribution in [0.25, 0.3) is 5.69 Å².